The topological polar surface area (TPSA) is 64.6 Å². The molecule has 1 atom stereocenters. The second-order valence-electron chi connectivity index (χ2n) is 3.42. The summed E-state index contributed by atoms with van der Waals surface area (Å²) in [6.07, 6.45) is 0. The smallest absolute Gasteiger partial charge is 0.339 e. The Hall–Kier alpha value is -1.75. The molecule has 1 aromatic carbocycles. The van der Waals surface area contributed by atoms with E-state index in [9.17, 15) is 9.59 Å². The largest absolute Gasteiger partial charge is 0.465 e. The first-order valence-electron chi connectivity index (χ1n) is 5.29. The van der Waals surface area contributed by atoms with E-state index in [1.54, 1.807) is 31.2 Å². The molecule has 0 spiro atoms. The van der Waals surface area contributed by atoms with Gasteiger partial charge in [0.25, 0.3) is 0 Å². The molecule has 0 aromatic heterocycles. The van der Waals surface area contributed by atoms with Crippen molar-refractivity contribution >= 4 is 29.2 Å². The molecule has 0 aliphatic rings. The maximum Gasteiger partial charge on any atom is 0.339 e. The van der Waals surface area contributed by atoms with Crippen molar-refractivity contribution < 1.29 is 19.1 Å². The molecular weight excluding hydrogens is 258 g/mol. The van der Waals surface area contributed by atoms with Gasteiger partial charge in [0.1, 0.15) is 6.54 Å². The lowest BCUT2D eigenvalue weighted by Gasteiger charge is -2.11. The molecule has 0 heterocycles. The van der Waals surface area contributed by atoms with Crippen molar-refractivity contribution in [1.29, 1.82) is 0 Å². The predicted octanol–water partition coefficient (Wildman–Crippen LogP) is 2.01. The highest BCUT2D eigenvalue weighted by Gasteiger charge is 2.12. The van der Waals surface area contributed by atoms with E-state index >= 15 is 0 Å². The first kappa shape index (κ1) is 14.3. The van der Waals surface area contributed by atoms with Crippen LogP contribution in [0, 0.1) is 0 Å². The van der Waals surface area contributed by atoms with Crippen LogP contribution in [0.2, 0.25) is 0 Å². The van der Waals surface area contributed by atoms with Crippen molar-refractivity contribution in [3.63, 3.8) is 0 Å². The standard InChI is InChI=1S/C12H14ClNO4/c1-8(13)18-11(15)7-14-10-6-4-3-5-9(10)12(16)17-2/h3-6,8,14H,7H2,1-2H3. The van der Waals surface area contributed by atoms with Gasteiger partial charge >= 0.3 is 11.9 Å². The lowest BCUT2D eigenvalue weighted by atomic mass is 10.2. The second-order valence-corrected chi connectivity index (χ2v) is 4.04. The highest BCUT2D eigenvalue weighted by Crippen LogP contribution is 2.15. The monoisotopic (exact) mass is 271 g/mol. The van der Waals surface area contributed by atoms with Gasteiger partial charge < -0.3 is 14.8 Å². The number of carbonyl (C=O) groups is 2. The fourth-order valence-electron chi connectivity index (χ4n) is 1.32. The van der Waals surface area contributed by atoms with Crippen LogP contribution in [0.1, 0.15) is 17.3 Å². The molecule has 6 heteroatoms. The van der Waals surface area contributed by atoms with Crippen molar-refractivity contribution in [3.8, 4) is 0 Å². The van der Waals surface area contributed by atoms with Crippen molar-refractivity contribution in [2.24, 2.45) is 0 Å². The van der Waals surface area contributed by atoms with Gasteiger partial charge in [0.05, 0.1) is 12.7 Å². The number of carbonyl (C=O) groups excluding carboxylic acids is 2. The Morgan fingerprint density at radius 2 is 2.06 bits per heavy atom. The number of halogens is 1. The van der Waals surface area contributed by atoms with E-state index in [0.717, 1.165) is 0 Å². The van der Waals surface area contributed by atoms with Gasteiger partial charge in [-0.25, -0.2) is 4.79 Å². The molecule has 18 heavy (non-hydrogen) atoms. The van der Waals surface area contributed by atoms with E-state index in [2.05, 4.69) is 10.1 Å². The predicted molar refractivity (Wildman–Crippen MR) is 67.7 cm³/mol. The van der Waals surface area contributed by atoms with Gasteiger partial charge in [-0.3, -0.25) is 4.79 Å². The second kappa shape index (κ2) is 6.86. The van der Waals surface area contributed by atoms with E-state index in [4.69, 9.17) is 16.3 Å². The van der Waals surface area contributed by atoms with Gasteiger partial charge in [-0.05, 0) is 19.1 Å². The van der Waals surface area contributed by atoms with Crippen molar-refractivity contribution in [2.75, 3.05) is 19.0 Å². The quantitative estimate of drug-likeness (QED) is 0.656. The normalized spacial score (nSPS) is 11.5. The van der Waals surface area contributed by atoms with E-state index in [-0.39, 0.29) is 6.54 Å². The first-order chi connectivity index (χ1) is 8.54. The summed E-state index contributed by atoms with van der Waals surface area (Å²) in [5.41, 5.74) is 0.172. The minimum absolute atomic E-state index is 0.0783. The van der Waals surface area contributed by atoms with Crippen LogP contribution in [0.25, 0.3) is 0 Å². The van der Waals surface area contributed by atoms with E-state index in [0.29, 0.717) is 11.3 Å². The number of rotatable bonds is 5. The lowest BCUT2D eigenvalue weighted by Crippen LogP contribution is -2.20. The molecule has 0 fully saturated rings. The molecule has 5 nitrogen and oxygen atoms in total. The van der Waals surface area contributed by atoms with Gasteiger partial charge in [0.2, 0.25) is 0 Å². The molecule has 98 valence electrons. The molecule has 1 unspecified atom stereocenters. The summed E-state index contributed by atoms with van der Waals surface area (Å²) in [6, 6.07) is 6.72. The minimum Gasteiger partial charge on any atom is -0.465 e. The number of hydrogen-bond donors (Lipinski definition) is 1. The van der Waals surface area contributed by atoms with Crippen LogP contribution in [0.4, 0.5) is 5.69 Å². The Bertz CT molecular complexity index is 434. The third kappa shape index (κ3) is 4.25. The Labute approximate surface area is 110 Å². The molecule has 0 radical (unpaired) electrons. The average molecular weight is 272 g/mol. The summed E-state index contributed by atoms with van der Waals surface area (Å²) in [5.74, 6) is -0.977. The molecule has 1 aromatic rings. The van der Waals surface area contributed by atoms with Crippen molar-refractivity contribution in [2.45, 2.75) is 12.5 Å². The Morgan fingerprint density at radius 3 is 2.67 bits per heavy atom. The van der Waals surface area contributed by atoms with Crippen molar-refractivity contribution in [1.82, 2.24) is 0 Å². The van der Waals surface area contributed by atoms with Gasteiger partial charge in [0.15, 0.2) is 5.56 Å². The number of methoxy groups -OCH3 is 1. The Balaban J connectivity index is 2.67. The number of alkyl halides is 1. The van der Waals surface area contributed by atoms with Gasteiger partial charge in [0, 0.05) is 5.69 Å². The van der Waals surface area contributed by atoms with Crippen LogP contribution in [0.3, 0.4) is 0 Å². The zero-order valence-corrected chi connectivity index (χ0v) is 10.9. The number of para-hydroxylation sites is 1. The molecular formula is C12H14ClNO4. The maximum atomic E-state index is 11.5. The summed E-state index contributed by atoms with van der Waals surface area (Å²) in [4.78, 5) is 22.7. The van der Waals surface area contributed by atoms with E-state index in [1.165, 1.54) is 7.11 Å². The number of esters is 2. The summed E-state index contributed by atoms with van der Waals surface area (Å²) in [7, 11) is 1.29. The van der Waals surface area contributed by atoms with Crippen LogP contribution in [-0.4, -0.2) is 31.2 Å². The number of benzene rings is 1. The molecule has 0 saturated heterocycles. The molecule has 0 bridgehead atoms. The summed E-state index contributed by atoms with van der Waals surface area (Å²) >= 11 is 5.51. The minimum atomic E-state index is -0.685. The SMILES string of the molecule is COC(=O)c1ccccc1NCC(=O)OC(C)Cl. The molecule has 0 aliphatic heterocycles. The Kier molecular flexibility index (Phi) is 5.45. The van der Waals surface area contributed by atoms with Crippen LogP contribution in [0.15, 0.2) is 24.3 Å². The van der Waals surface area contributed by atoms with Crippen LogP contribution >= 0.6 is 11.6 Å². The number of hydrogen-bond acceptors (Lipinski definition) is 5. The molecule has 1 N–H and O–H groups in total. The molecule has 0 saturated carbocycles. The highest BCUT2D eigenvalue weighted by molar-refractivity contribution is 6.20. The average Bonchev–Trinajstić information content (AvgIpc) is 2.35. The fourth-order valence-corrected chi connectivity index (χ4v) is 1.41. The zero-order valence-electron chi connectivity index (χ0n) is 10.1. The fraction of sp³-hybridized carbons (Fsp3) is 0.333. The van der Waals surface area contributed by atoms with E-state index in [1.807, 2.05) is 0 Å². The van der Waals surface area contributed by atoms with Crippen LogP contribution in [-0.2, 0) is 14.3 Å². The maximum absolute atomic E-state index is 11.5. The third-order valence-electron chi connectivity index (χ3n) is 2.05. The molecule has 1 rings (SSSR count). The highest BCUT2D eigenvalue weighted by atomic mass is 35.5. The number of anilines is 1. The lowest BCUT2D eigenvalue weighted by molar-refractivity contribution is -0.142. The molecule has 0 aliphatic carbocycles. The summed E-state index contributed by atoms with van der Waals surface area (Å²) in [5, 5.41) is 2.80. The van der Waals surface area contributed by atoms with Gasteiger partial charge in [-0.1, -0.05) is 23.7 Å². The Morgan fingerprint density at radius 1 is 1.39 bits per heavy atom. The summed E-state index contributed by atoms with van der Waals surface area (Å²) < 4.78 is 9.38. The number of nitrogens with one attached hydrogen (secondary N) is 1. The third-order valence-corrected chi connectivity index (χ3v) is 2.14. The first-order valence-corrected chi connectivity index (χ1v) is 5.73. The number of ether oxygens (including phenoxy) is 2. The van der Waals surface area contributed by atoms with E-state index < -0.39 is 17.5 Å². The van der Waals surface area contributed by atoms with Gasteiger partial charge in [-0.15, -0.1) is 0 Å². The molecule has 0 amide bonds. The van der Waals surface area contributed by atoms with Crippen LogP contribution in [0.5, 0.6) is 0 Å². The van der Waals surface area contributed by atoms with Crippen LogP contribution < -0.4 is 5.32 Å². The van der Waals surface area contributed by atoms with Gasteiger partial charge in [-0.2, -0.15) is 0 Å². The summed E-state index contributed by atoms with van der Waals surface area (Å²) in [6.45, 7) is 1.47. The van der Waals surface area contributed by atoms with Crippen molar-refractivity contribution in [3.05, 3.63) is 29.8 Å². The zero-order chi connectivity index (χ0) is 13.5.